The van der Waals surface area contributed by atoms with Gasteiger partial charge in [0.25, 0.3) is 0 Å². The lowest BCUT2D eigenvalue weighted by atomic mass is 9.43. The number of fused-ring (bicyclic) bond motifs is 5. The fourth-order valence-electron chi connectivity index (χ4n) is 9.31. The van der Waals surface area contributed by atoms with Crippen molar-refractivity contribution >= 4 is 5.91 Å². The number of aliphatic hydroxyl groups is 3. The van der Waals surface area contributed by atoms with Crippen LogP contribution in [0.1, 0.15) is 78.6 Å². The van der Waals surface area contributed by atoms with E-state index in [2.05, 4.69) is 47.2 Å². The van der Waals surface area contributed by atoms with Gasteiger partial charge in [-0.3, -0.25) is 4.79 Å². The summed E-state index contributed by atoms with van der Waals surface area (Å²) in [5.74, 6) is 2.15. The van der Waals surface area contributed by atoms with Gasteiger partial charge in [-0.2, -0.15) is 0 Å². The number of nitrogens with one attached hydrogen (secondary N) is 1. The maximum absolute atomic E-state index is 12.5. The molecule has 11 atom stereocenters. The van der Waals surface area contributed by atoms with E-state index >= 15 is 0 Å². The third-order valence-corrected chi connectivity index (χ3v) is 11.5. The van der Waals surface area contributed by atoms with E-state index in [9.17, 15) is 20.1 Å². The molecule has 0 aromatic carbocycles. The molecule has 7 heteroatoms. The van der Waals surface area contributed by atoms with Crippen molar-refractivity contribution in [1.82, 2.24) is 5.32 Å². The quantitative estimate of drug-likeness (QED) is 0.242. The number of rotatable bonds is 7. The molecule has 36 heavy (non-hydrogen) atoms. The molecule has 0 aromatic rings. The number of nitrogens with zero attached hydrogens (tertiary/aromatic N) is 1. The normalized spacial score (nSPS) is 45.0. The number of quaternary nitrogens is 1. The van der Waals surface area contributed by atoms with Crippen LogP contribution in [0.4, 0.5) is 0 Å². The van der Waals surface area contributed by atoms with E-state index in [0.717, 1.165) is 62.4 Å². The molecule has 4 fully saturated rings. The molecule has 4 aliphatic carbocycles. The van der Waals surface area contributed by atoms with Gasteiger partial charge in [0, 0.05) is 6.42 Å². The third kappa shape index (κ3) is 5.66. The molecular formula is C29H53IN2O4. The highest BCUT2D eigenvalue weighted by molar-refractivity contribution is 5.75. The van der Waals surface area contributed by atoms with Gasteiger partial charge >= 0.3 is 0 Å². The van der Waals surface area contributed by atoms with Crippen LogP contribution < -0.4 is 29.3 Å². The molecule has 0 radical (unpaired) electrons. The maximum atomic E-state index is 12.5. The summed E-state index contributed by atoms with van der Waals surface area (Å²) in [5, 5.41) is 36.5. The Morgan fingerprint density at radius 1 is 1.03 bits per heavy atom. The fraction of sp³-hybridized carbons (Fsp3) is 0.966. The largest absolute Gasteiger partial charge is 1.00 e. The number of amides is 1. The summed E-state index contributed by atoms with van der Waals surface area (Å²) in [7, 11) is 6.40. The average Bonchev–Trinajstić information content (AvgIpc) is 3.12. The van der Waals surface area contributed by atoms with E-state index < -0.39 is 0 Å². The van der Waals surface area contributed by atoms with Crippen LogP contribution in [0.5, 0.6) is 0 Å². The van der Waals surface area contributed by atoms with Gasteiger partial charge in [-0.25, -0.2) is 0 Å². The summed E-state index contributed by atoms with van der Waals surface area (Å²) >= 11 is 0. The second-order valence-electron chi connectivity index (χ2n) is 14.4. The zero-order valence-corrected chi connectivity index (χ0v) is 25.7. The van der Waals surface area contributed by atoms with Gasteiger partial charge in [0.15, 0.2) is 0 Å². The van der Waals surface area contributed by atoms with Crippen LogP contribution in [0.3, 0.4) is 0 Å². The van der Waals surface area contributed by atoms with Crippen LogP contribution in [0.15, 0.2) is 0 Å². The second kappa shape index (κ2) is 11.3. The Morgan fingerprint density at radius 2 is 1.72 bits per heavy atom. The molecule has 210 valence electrons. The van der Waals surface area contributed by atoms with Crippen LogP contribution in [0.25, 0.3) is 0 Å². The maximum Gasteiger partial charge on any atom is 0.220 e. The van der Waals surface area contributed by atoms with Crippen molar-refractivity contribution in [3.8, 4) is 0 Å². The number of carbonyl (C=O) groups is 1. The number of carbonyl (C=O) groups excluding carboxylic acids is 1. The standard InChI is InChI=1S/C29H52N2O4.HI/c1-18(7-10-26(35)30-13-14-31(4,5)6)21-8-9-22-27-23(17-25(34)29(21,22)3)28(2)12-11-20(32)15-19(28)16-24(27)33;/h18-25,27,32-34H,7-17H2,1-6H3;1H/t18-,19?,20-,21-,22?,23?,24-,25+,27?,28+,29-;/m1./s1. The Labute approximate surface area is 236 Å². The van der Waals surface area contributed by atoms with E-state index in [1.165, 1.54) is 0 Å². The minimum absolute atomic E-state index is 0. The molecule has 0 aliphatic heterocycles. The van der Waals surface area contributed by atoms with Gasteiger partial charge in [0.2, 0.25) is 5.91 Å². The molecule has 4 saturated carbocycles. The lowest BCUT2D eigenvalue weighted by Gasteiger charge is -2.63. The highest BCUT2D eigenvalue weighted by Gasteiger charge is 2.65. The summed E-state index contributed by atoms with van der Waals surface area (Å²) in [4.78, 5) is 12.5. The van der Waals surface area contributed by atoms with E-state index in [-0.39, 0.29) is 64.9 Å². The first-order chi connectivity index (χ1) is 16.3. The summed E-state index contributed by atoms with van der Waals surface area (Å²) in [6.07, 6.45) is 6.83. The minimum atomic E-state index is -0.364. The van der Waals surface area contributed by atoms with Gasteiger partial charge < -0.3 is 49.1 Å². The van der Waals surface area contributed by atoms with Crippen LogP contribution in [0, 0.1) is 46.3 Å². The highest BCUT2D eigenvalue weighted by atomic mass is 127. The van der Waals surface area contributed by atoms with Crippen LogP contribution in [-0.2, 0) is 4.79 Å². The van der Waals surface area contributed by atoms with Crippen molar-refractivity contribution in [3.05, 3.63) is 0 Å². The first-order valence-electron chi connectivity index (χ1n) is 14.4. The molecule has 4 rings (SSSR count). The van der Waals surface area contributed by atoms with E-state index in [4.69, 9.17) is 0 Å². The van der Waals surface area contributed by atoms with Gasteiger partial charge in [-0.05, 0) is 97.7 Å². The van der Waals surface area contributed by atoms with Crippen LogP contribution in [0.2, 0.25) is 0 Å². The number of hydrogen-bond donors (Lipinski definition) is 4. The van der Waals surface area contributed by atoms with E-state index in [1.807, 2.05) is 0 Å². The first kappa shape index (κ1) is 30.6. The topological polar surface area (TPSA) is 89.8 Å². The van der Waals surface area contributed by atoms with Crippen molar-refractivity contribution in [2.75, 3.05) is 34.2 Å². The van der Waals surface area contributed by atoms with E-state index in [1.54, 1.807) is 0 Å². The number of halogens is 1. The Bertz CT molecular complexity index is 775. The van der Waals surface area contributed by atoms with Gasteiger partial charge in [-0.1, -0.05) is 20.8 Å². The molecule has 0 heterocycles. The third-order valence-electron chi connectivity index (χ3n) is 11.5. The summed E-state index contributed by atoms with van der Waals surface area (Å²) in [5.41, 5.74) is -0.0852. The van der Waals surface area contributed by atoms with E-state index in [0.29, 0.717) is 42.6 Å². The monoisotopic (exact) mass is 620 g/mol. The van der Waals surface area contributed by atoms with Crippen molar-refractivity contribution in [1.29, 1.82) is 0 Å². The summed E-state index contributed by atoms with van der Waals surface area (Å²) in [6, 6.07) is 0. The van der Waals surface area contributed by atoms with Gasteiger partial charge in [0.05, 0.1) is 52.5 Å². The Morgan fingerprint density at radius 3 is 2.39 bits per heavy atom. The second-order valence-corrected chi connectivity index (χ2v) is 14.4. The van der Waals surface area contributed by atoms with Crippen molar-refractivity contribution in [2.45, 2.75) is 96.9 Å². The Balaban J connectivity index is 0.00000361. The SMILES string of the molecule is C[C@H](CCC(=O)NCC[N+](C)(C)C)[C@H]1CCC2C3C(C[C@H](O)[C@@]21C)[C@@]1(C)CC[C@@H](O)CC1C[C@H]3O.[I-]. The van der Waals surface area contributed by atoms with Gasteiger partial charge in [-0.15, -0.1) is 0 Å². The van der Waals surface area contributed by atoms with Crippen LogP contribution >= 0.6 is 0 Å². The summed E-state index contributed by atoms with van der Waals surface area (Å²) < 4.78 is 0.838. The molecule has 4 aliphatic rings. The predicted octanol–water partition coefficient (Wildman–Crippen LogP) is 0.191. The van der Waals surface area contributed by atoms with Crippen molar-refractivity contribution < 1.29 is 48.6 Å². The fourth-order valence-corrected chi connectivity index (χ4v) is 9.31. The van der Waals surface area contributed by atoms with Crippen molar-refractivity contribution in [3.63, 3.8) is 0 Å². The van der Waals surface area contributed by atoms with Crippen molar-refractivity contribution in [2.24, 2.45) is 46.3 Å². The lowest BCUT2D eigenvalue weighted by molar-refractivity contribution is -0.869. The number of aliphatic hydroxyl groups excluding tert-OH is 3. The Kier molecular flexibility index (Phi) is 9.57. The van der Waals surface area contributed by atoms with Gasteiger partial charge in [0.1, 0.15) is 0 Å². The minimum Gasteiger partial charge on any atom is -1.00 e. The molecule has 6 nitrogen and oxygen atoms in total. The average molecular weight is 621 g/mol. The lowest BCUT2D eigenvalue weighted by Crippen LogP contribution is -3.00. The molecule has 1 amide bonds. The molecule has 0 saturated heterocycles. The zero-order valence-electron chi connectivity index (χ0n) is 23.5. The molecule has 0 aromatic heterocycles. The first-order valence-corrected chi connectivity index (χ1v) is 14.4. The van der Waals surface area contributed by atoms with Crippen LogP contribution in [-0.4, -0.2) is 78.3 Å². The molecular weight excluding hydrogens is 567 g/mol. The molecule has 4 unspecified atom stereocenters. The predicted molar refractivity (Wildman–Crippen MR) is 138 cm³/mol. The Hall–Kier alpha value is 0.0400. The molecule has 0 spiro atoms. The zero-order chi connectivity index (χ0) is 25.8. The smallest absolute Gasteiger partial charge is 0.220 e. The molecule has 0 bridgehead atoms. The highest BCUT2D eigenvalue weighted by Crippen LogP contribution is 2.68. The molecule has 4 N–H and O–H groups in total. The number of likely N-dealkylation sites (N-methyl/N-ethyl adjacent to an activating group) is 1. The summed E-state index contributed by atoms with van der Waals surface area (Å²) in [6.45, 7) is 8.57. The number of hydrogen-bond acceptors (Lipinski definition) is 4.